The first-order chi connectivity index (χ1) is 7.74. The average Bonchev–Trinajstić information content (AvgIpc) is 2.42. The summed E-state index contributed by atoms with van der Waals surface area (Å²) < 4.78 is 0. The lowest BCUT2D eigenvalue weighted by molar-refractivity contribution is 0.605. The van der Waals surface area contributed by atoms with Crippen LogP contribution in [-0.4, -0.2) is 32.7 Å². The predicted octanol–water partition coefficient (Wildman–Crippen LogP) is 1.68. The summed E-state index contributed by atoms with van der Waals surface area (Å²) in [6.07, 6.45) is 1.19. The molecule has 0 amide bonds. The number of nitrogens with zero attached hydrogens (tertiary/aromatic N) is 2. The highest BCUT2D eigenvalue weighted by atomic mass is 15.2. The molecule has 0 spiro atoms. The number of hydrogen-bond donors (Lipinski definition) is 1. The third kappa shape index (κ3) is 2.00. The highest BCUT2D eigenvalue weighted by molar-refractivity contribution is 5.72. The van der Waals surface area contributed by atoms with Crippen molar-refractivity contribution in [1.82, 2.24) is 0 Å². The maximum Gasteiger partial charge on any atom is 0.0606 e. The Kier molecular flexibility index (Phi) is 3.34. The van der Waals surface area contributed by atoms with Crippen LogP contribution in [0.15, 0.2) is 24.3 Å². The summed E-state index contributed by atoms with van der Waals surface area (Å²) in [5, 5.41) is 0. The minimum atomic E-state index is 0.564. The number of hydrogen-bond acceptors (Lipinski definition) is 3. The summed E-state index contributed by atoms with van der Waals surface area (Å²) >= 11 is 0. The van der Waals surface area contributed by atoms with Gasteiger partial charge in [0, 0.05) is 32.7 Å². The fourth-order valence-electron chi connectivity index (χ4n) is 2.40. The Balaban J connectivity index is 2.40. The molecular formula is C13H21N3. The number of nitrogens with two attached hydrogens (primary N) is 1. The van der Waals surface area contributed by atoms with E-state index in [4.69, 9.17) is 5.73 Å². The van der Waals surface area contributed by atoms with Crippen molar-refractivity contribution in [1.29, 1.82) is 0 Å². The summed E-state index contributed by atoms with van der Waals surface area (Å²) in [6.45, 7) is 5.04. The zero-order valence-electron chi connectivity index (χ0n) is 10.2. The van der Waals surface area contributed by atoms with Gasteiger partial charge in [0.15, 0.2) is 0 Å². The van der Waals surface area contributed by atoms with Gasteiger partial charge in [-0.3, -0.25) is 0 Å². The van der Waals surface area contributed by atoms with Gasteiger partial charge in [-0.1, -0.05) is 12.1 Å². The van der Waals surface area contributed by atoms with Gasteiger partial charge >= 0.3 is 0 Å². The molecule has 0 fully saturated rings. The fourth-order valence-corrected chi connectivity index (χ4v) is 2.40. The Hall–Kier alpha value is -1.22. The van der Waals surface area contributed by atoms with E-state index in [2.05, 4.69) is 48.0 Å². The van der Waals surface area contributed by atoms with Crippen molar-refractivity contribution in [2.75, 3.05) is 36.5 Å². The van der Waals surface area contributed by atoms with Crippen molar-refractivity contribution < 1.29 is 0 Å². The van der Waals surface area contributed by atoms with Crippen molar-refractivity contribution in [2.24, 2.45) is 5.73 Å². The van der Waals surface area contributed by atoms with E-state index >= 15 is 0 Å². The lowest BCUT2D eigenvalue weighted by Crippen LogP contribution is -2.36. The number of anilines is 2. The molecule has 3 heteroatoms. The highest BCUT2D eigenvalue weighted by Crippen LogP contribution is 2.33. The summed E-state index contributed by atoms with van der Waals surface area (Å²) in [7, 11) is 2.16. The average molecular weight is 219 g/mol. The Bertz CT molecular complexity index is 351. The van der Waals surface area contributed by atoms with Crippen LogP contribution >= 0.6 is 0 Å². The summed E-state index contributed by atoms with van der Waals surface area (Å²) in [5.74, 6) is 0. The van der Waals surface area contributed by atoms with E-state index in [0.29, 0.717) is 12.6 Å². The van der Waals surface area contributed by atoms with Crippen molar-refractivity contribution in [3.63, 3.8) is 0 Å². The third-order valence-corrected chi connectivity index (χ3v) is 3.39. The predicted molar refractivity (Wildman–Crippen MR) is 70.2 cm³/mol. The number of rotatable bonds is 2. The highest BCUT2D eigenvalue weighted by Gasteiger charge is 2.22. The maximum absolute atomic E-state index is 5.71. The minimum absolute atomic E-state index is 0.564. The van der Waals surface area contributed by atoms with Crippen LogP contribution in [0.2, 0.25) is 0 Å². The SMILES string of the molecule is CC1CCN(C)c2ccccc2N1CCN. The molecule has 0 radical (unpaired) electrons. The van der Waals surface area contributed by atoms with Crippen LogP contribution in [0.1, 0.15) is 13.3 Å². The molecule has 88 valence electrons. The molecular weight excluding hydrogens is 198 g/mol. The zero-order chi connectivity index (χ0) is 11.5. The van der Waals surface area contributed by atoms with Gasteiger partial charge in [-0.2, -0.15) is 0 Å². The second-order valence-electron chi connectivity index (χ2n) is 4.53. The molecule has 0 saturated carbocycles. The van der Waals surface area contributed by atoms with Gasteiger partial charge in [0.05, 0.1) is 11.4 Å². The van der Waals surface area contributed by atoms with Gasteiger partial charge in [-0.15, -0.1) is 0 Å². The van der Waals surface area contributed by atoms with E-state index in [1.165, 1.54) is 17.8 Å². The molecule has 2 rings (SSSR count). The first-order valence-electron chi connectivity index (χ1n) is 6.01. The van der Waals surface area contributed by atoms with E-state index < -0.39 is 0 Å². The van der Waals surface area contributed by atoms with Gasteiger partial charge in [0.1, 0.15) is 0 Å². The monoisotopic (exact) mass is 219 g/mol. The van der Waals surface area contributed by atoms with Gasteiger partial charge < -0.3 is 15.5 Å². The molecule has 16 heavy (non-hydrogen) atoms. The molecule has 3 nitrogen and oxygen atoms in total. The van der Waals surface area contributed by atoms with Crippen molar-refractivity contribution >= 4 is 11.4 Å². The van der Waals surface area contributed by atoms with E-state index in [1.54, 1.807) is 0 Å². The van der Waals surface area contributed by atoms with Gasteiger partial charge in [0.25, 0.3) is 0 Å². The third-order valence-electron chi connectivity index (χ3n) is 3.39. The van der Waals surface area contributed by atoms with Crippen LogP contribution in [0.5, 0.6) is 0 Å². The van der Waals surface area contributed by atoms with Gasteiger partial charge in [-0.05, 0) is 25.5 Å². The smallest absolute Gasteiger partial charge is 0.0606 e. The quantitative estimate of drug-likeness (QED) is 0.821. The Morgan fingerprint density at radius 1 is 1.31 bits per heavy atom. The normalized spacial score (nSPS) is 20.6. The molecule has 0 saturated heterocycles. The topological polar surface area (TPSA) is 32.5 Å². The van der Waals surface area contributed by atoms with Crippen LogP contribution in [0.25, 0.3) is 0 Å². The van der Waals surface area contributed by atoms with Crippen LogP contribution in [0.3, 0.4) is 0 Å². The molecule has 1 aliphatic rings. The molecule has 0 aromatic heterocycles. The summed E-state index contributed by atoms with van der Waals surface area (Å²) in [6, 6.07) is 9.16. The molecule has 1 atom stereocenters. The van der Waals surface area contributed by atoms with Gasteiger partial charge in [-0.25, -0.2) is 0 Å². The van der Waals surface area contributed by atoms with Crippen LogP contribution < -0.4 is 15.5 Å². The molecule has 0 aliphatic carbocycles. The van der Waals surface area contributed by atoms with Gasteiger partial charge in [0.2, 0.25) is 0 Å². The molecule has 1 aromatic carbocycles. The minimum Gasteiger partial charge on any atom is -0.373 e. The maximum atomic E-state index is 5.71. The van der Waals surface area contributed by atoms with E-state index in [9.17, 15) is 0 Å². The Morgan fingerprint density at radius 3 is 2.69 bits per heavy atom. The molecule has 0 bridgehead atoms. The summed E-state index contributed by atoms with van der Waals surface area (Å²) in [4.78, 5) is 4.77. The van der Waals surface area contributed by atoms with Crippen LogP contribution in [-0.2, 0) is 0 Å². The largest absolute Gasteiger partial charge is 0.373 e. The Morgan fingerprint density at radius 2 is 2.00 bits per heavy atom. The number of benzene rings is 1. The molecule has 1 unspecified atom stereocenters. The fraction of sp³-hybridized carbons (Fsp3) is 0.538. The molecule has 1 aromatic rings. The first-order valence-corrected chi connectivity index (χ1v) is 6.01. The standard InChI is InChI=1S/C13H21N3/c1-11-7-9-15(2)12-5-3-4-6-13(12)16(11)10-8-14/h3-6,11H,7-10,14H2,1-2H3. The zero-order valence-corrected chi connectivity index (χ0v) is 10.2. The lowest BCUT2D eigenvalue weighted by atomic mass is 10.2. The number of para-hydroxylation sites is 2. The molecule has 1 aliphatic heterocycles. The molecule has 2 N–H and O–H groups in total. The van der Waals surface area contributed by atoms with E-state index in [1.807, 2.05) is 0 Å². The first kappa shape index (κ1) is 11.3. The number of fused-ring (bicyclic) bond motifs is 1. The van der Waals surface area contributed by atoms with E-state index in [-0.39, 0.29) is 0 Å². The van der Waals surface area contributed by atoms with Crippen LogP contribution in [0, 0.1) is 0 Å². The van der Waals surface area contributed by atoms with Crippen LogP contribution in [0.4, 0.5) is 11.4 Å². The second kappa shape index (κ2) is 4.74. The lowest BCUT2D eigenvalue weighted by Gasteiger charge is -2.30. The Labute approximate surface area is 97.8 Å². The summed E-state index contributed by atoms with van der Waals surface area (Å²) in [5.41, 5.74) is 8.35. The van der Waals surface area contributed by atoms with E-state index in [0.717, 1.165) is 13.1 Å². The second-order valence-corrected chi connectivity index (χ2v) is 4.53. The van der Waals surface area contributed by atoms with Crippen molar-refractivity contribution in [3.05, 3.63) is 24.3 Å². The molecule has 1 heterocycles. The van der Waals surface area contributed by atoms with Crippen molar-refractivity contribution in [3.8, 4) is 0 Å². The van der Waals surface area contributed by atoms with Crippen molar-refractivity contribution in [2.45, 2.75) is 19.4 Å².